The van der Waals surface area contributed by atoms with E-state index in [9.17, 15) is 20.4 Å². The van der Waals surface area contributed by atoms with Crippen molar-refractivity contribution in [3.63, 3.8) is 0 Å². The van der Waals surface area contributed by atoms with Crippen molar-refractivity contribution in [3.8, 4) is 0 Å². The topological polar surface area (TPSA) is 115 Å². The van der Waals surface area contributed by atoms with Crippen molar-refractivity contribution in [3.05, 3.63) is 0 Å². The summed E-state index contributed by atoms with van der Waals surface area (Å²) in [5.41, 5.74) is 0. The fourth-order valence-electron chi connectivity index (χ4n) is 1.79. The lowest BCUT2D eigenvalue weighted by Gasteiger charge is -2.20. The molecule has 6 unspecified atom stereocenters. The minimum Gasteiger partial charge on any atom is -0.390 e. The van der Waals surface area contributed by atoms with Gasteiger partial charge in [0.1, 0.15) is 12.2 Å². The van der Waals surface area contributed by atoms with Crippen molar-refractivity contribution in [1.29, 1.82) is 0 Å². The first-order valence-electron chi connectivity index (χ1n) is 6.59. The summed E-state index contributed by atoms with van der Waals surface area (Å²) < 4.78 is 15.0. The van der Waals surface area contributed by atoms with Gasteiger partial charge in [0.25, 0.3) is 0 Å². The zero-order chi connectivity index (χ0) is 13.8. The molecule has 2 saturated heterocycles. The van der Waals surface area contributed by atoms with Crippen molar-refractivity contribution in [1.82, 2.24) is 0 Å². The van der Waals surface area contributed by atoms with Crippen LogP contribution >= 0.6 is 0 Å². The molecule has 6 atom stereocenters. The molecule has 2 heterocycles. The first kappa shape index (κ1) is 15.1. The van der Waals surface area contributed by atoms with Crippen LogP contribution in [0.4, 0.5) is 0 Å². The predicted octanol–water partition coefficient (Wildman–Crippen LogP) is -1.98. The zero-order valence-electron chi connectivity index (χ0n) is 10.7. The minimum absolute atomic E-state index is 0.0376. The predicted molar refractivity (Wildman–Crippen MR) is 63.6 cm³/mol. The van der Waals surface area contributed by atoms with Crippen LogP contribution < -0.4 is 0 Å². The van der Waals surface area contributed by atoms with Crippen LogP contribution in [0.25, 0.3) is 0 Å². The molecular formula is C12H22O7. The van der Waals surface area contributed by atoms with Crippen LogP contribution in [0.2, 0.25) is 0 Å². The number of hydrogen-bond acceptors (Lipinski definition) is 7. The molecule has 112 valence electrons. The van der Waals surface area contributed by atoms with Crippen molar-refractivity contribution in [2.75, 3.05) is 26.4 Å². The molecule has 2 aliphatic rings. The van der Waals surface area contributed by atoms with E-state index in [1.54, 1.807) is 0 Å². The van der Waals surface area contributed by atoms with E-state index in [1.807, 2.05) is 0 Å². The van der Waals surface area contributed by atoms with E-state index in [1.165, 1.54) is 0 Å². The summed E-state index contributed by atoms with van der Waals surface area (Å²) in [6, 6.07) is 0. The molecular weight excluding hydrogens is 256 g/mol. The van der Waals surface area contributed by atoms with Gasteiger partial charge >= 0.3 is 0 Å². The van der Waals surface area contributed by atoms with Gasteiger partial charge in [0, 0.05) is 12.8 Å². The highest BCUT2D eigenvalue weighted by molar-refractivity contribution is 4.79. The molecule has 0 aromatic rings. The quantitative estimate of drug-likeness (QED) is 0.342. The third kappa shape index (κ3) is 5.70. The second kappa shape index (κ2) is 6.94. The van der Waals surface area contributed by atoms with Crippen molar-refractivity contribution in [2.45, 2.75) is 49.5 Å². The van der Waals surface area contributed by atoms with Crippen molar-refractivity contribution >= 4 is 0 Å². The highest BCUT2D eigenvalue weighted by Gasteiger charge is 2.31. The number of hydrogen-bond donors (Lipinski definition) is 4. The van der Waals surface area contributed by atoms with Gasteiger partial charge in [-0.15, -0.1) is 0 Å². The SMILES string of the molecule is OC(COCC(O)C(O)CC1CO1)C(O)CC1CO1. The lowest BCUT2D eigenvalue weighted by Crippen LogP contribution is -2.36. The van der Waals surface area contributed by atoms with E-state index in [0.29, 0.717) is 26.1 Å². The molecule has 2 aliphatic heterocycles. The largest absolute Gasteiger partial charge is 0.390 e. The van der Waals surface area contributed by atoms with Crippen LogP contribution in [0.15, 0.2) is 0 Å². The Bertz CT molecular complexity index is 241. The summed E-state index contributed by atoms with van der Waals surface area (Å²) >= 11 is 0. The van der Waals surface area contributed by atoms with Crippen LogP contribution in [0, 0.1) is 0 Å². The van der Waals surface area contributed by atoms with Gasteiger partial charge < -0.3 is 34.6 Å². The minimum atomic E-state index is -1.01. The maximum Gasteiger partial charge on any atom is 0.103 e. The Morgan fingerprint density at radius 2 is 1.16 bits per heavy atom. The lowest BCUT2D eigenvalue weighted by atomic mass is 10.1. The fraction of sp³-hybridized carbons (Fsp3) is 1.00. The third-order valence-electron chi connectivity index (χ3n) is 3.28. The van der Waals surface area contributed by atoms with E-state index in [2.05, 4.69) is 0 Å². The van der Waals surface area contributed by atoms with Gasteiger partial charge in [0.2, 0.25) is 0 Å². The first-order chi connectivity index (χ1) is 9.06. The van der Waals surface area contributed by atoms with Crippen molar-refractivity contribution in [2.24, 2.45) is 0 Å². The smallest absolute Gasteiger partial charge is 0.103 e. The van der Waals surface area contributed by atoms with Gasteiger partial charge in [0.05, 0.1) is 50.8 Å². The monoisotopic (exact) mass is 278 g/mol. The maximum absolute atomic E-state index is 9.61. The standard InChI is InChI=1S/C12H22O7/c13-9(1-7-3-18-7)11(15)5-17-6-12(16)10(14)2-8-4-19-8/h7-16H,1-6H2. The molecule has 4 N–H and O–H groups in total. The Hall–Kier alpha value is -0.280. The van der Waals surface area contributed by atoms with E-state index in [-0.39, 0.29) is 25.4 Å². The van der Waals surface area contributed by atoms with Crippen LogP contribution in [0.5, 0.6) is 0 Å². The zero-order valence-corrected chi connectivity index (χ0v) is 10.7. The molecule has 0 aromatic carbocycles. The Balaban J connectivity index is 1.53. The van der Waals surface area contributed by atoms with Crippen LogP contribution in [0.3, 0.4) is 0 Å². The lowest BCUT2D eigenvalue weighted by molar-refractivity contribution is -0.0809. The Morgan fingerprint density at radius 3 is 1.47 bits per heavy atom. The molecule has 2 fully saturated rings. The van der Waals surface area contributed by atoms with Gasteiger partial charge in [-0.2, -0.15) is 0 Å². The maximum atomic E-state index is 9.61. The second-order valence-electron chi connectivity index (χ2n) is 5.19. The Kier molecular flexibility index (Phi) is 5.52. The number of epoxide rings is 2. The van der Waals surface area contributed by atoms with Gasteiger partial charge in [0.15, 0.2) is 0 Å². The molecule has 2 rings (SSSR count). The first-order valence-corrected chi connectivity index (χ1v) is 6.59. The number of rotatable bonds is 10. The highest BCUT2D eigenvalue weighted by Crippen LogP contribution is 2.18. The van der Waals surface area contributed by atoms with Gasteiger partial charge in [-0.05, 0) is 0 Å². The van der Waals surface area contributed by atoms with E-state index in [0.717, 1.165) is 0 Å². The van der Waals surface area contributed by atoms with Gasteiger partial charge in [-0.25, -0.2) is 0 Å². The molecule has 7 nitrogen and oxygen atoms in total. The van der Waals surface area contributed by atoms with E-state index >= 15 is 0 Å². The summed E-state index contributed by atoms with van der Waals surface area (Å²) in [6.07, 6.45) is -2.97. The second-order valence-corrected chi connectivity index (χ2v) is 5.19. The van der Waals surface area contributed by atoms with E-state index in [4.69, 9.17) is 14.2 Å². The van der Waals surface area contributed by atoms with Gasteiger partial charge in [-0.3, -0.25) is 0 Å². The molecule has 0 amide bonds. The van der Waals surface area contributed by atoms with Crippen LogP contribution in [-0.2, 0) is 14.2 Å². The molecule has 0 aromatic heterocycles. The van der Waals surface area contributed by atoms with Crippen LogP contribution in [-0.4, -0.2) is 83.5 Å². The summed E-state index contributed by atoms with van der Waals surface area (Å²) in [7, 11) is 0. The molecule has 19 heavy (non-hydrogen) atoms. The van der Waals surface area contributed by atoms with Crippen molar-refractivity contribution < 1.29 is 34.6 Å². The summed E-state index contributed by atoms with van der Waals surface area (Å²) in [6.45, 7) is 1.08. The average Bonchev–Trinajstić information content (AvgIpc) is 3.24. The average molecular weight is 278 g/mol. The van der Waals surface area contributed by atoms with E-state index < -0.39 is 24.4 Å². The molecule has 0 radical (unpaired) electrons. The molecule has 0 saturated carbocycles. The number of ether oxygens (including phenoxy) is 3. The summed E-state index contributed by atoms with van der Waals surface area (Å²) in [4.78, 5) is 0. The molecule has 0 bridgehead atoms. The third-order valence-corrected chi connectivity index (χ3v) is 3.28. The fourth-order valence-corrected chi connectivity index (χ4v) is 1.79. The highest BCUT2D eigenvalue weighted by atomic mass is 16.6. The molecule has 7 heteroatoms. The number of aliphatic hydroxyl groups is 4. The summed E-state index contributed by atoms with van der Waals surface area (Å²) in [5, 5.41) is 38.4. The molecule has 0 spiro atoms. The normalized spacial score (nSPS) is 31.6. The molecule has 0 aliphatic carbocycles. The van der Waals surface area contributed by atoms with Gasteiger partial charge in [-0.1, -0.05) is 0 Å². The Labute approximate surface area is 111 Å². The Morgan fingerprint density at radius 1 is 0.789 bits per heavy atom. The number of aliphatic hydroxyl groups excluding tert-OH is 4. The summed E-state index contributed by atoms with van der Waals surface area (Å²) in [5.74, 6) is 0. The van der Waals surface area contributed by atoms with Crippen LogP contribution in [0.1, 0.15) is 12.8 Å².